The van der Waals surface area contributed by atoms with Crippen molar-refractivity contribution in [2.24, 2.45) is 0 Å². The van der Waals surface area contributed by atoms with Crippen LogP contribution in [0.5, 0.6) is 11.5 Å². The molecule has 0 fully saturated rings. The van der Waals surface area contributed by atoms with Crippen molar-refractivity contribution in [2.75, 3.05) is 21.3 Å². The van der Waals surface area contributed by atoms with Gasteiger partial charge in [0.2, 0.25) is 0 Å². The summed E-state index contributed by atoms with van der Waals surface area (Å²) in [6, 6.07) is 14.3. The molecule has 1 unspecified atom stereocenters. The van der Waals surface area contributed by atoms with Crippen molar-refractivity contribution in [3.05, 3.63) is 59.2 Å². The molecule has 3 nitrogen and oxygen atoms in total. The molecule has 0 aliphatic rings. The van der Waals surface area contributed by atoms with Crippen LogP contribution in [-0.2, 0) is 0 Å². The Labute approximate surface area is 120 Å². The van der Waals surface area contributed by atoms with Gasteiger partial charge < -0.3 is 14.8 Å². The highest BCUT2D eigenvalue weighted by Crippen LogP contribution is 2.34. The molecule has 0 aliphatic heterocycles. The maximum atomic E-state index is 5.52. The highest BCUT2D eigenvalue weighted by Gasteiger charge is 2.19. The fourth-order valence-corrected chi connectivity index (χ4v) is 2.44. The standard InChI is InChI=1S/C17H21NO2/c1-12-9-10-14(16(11-12)20-4)17(18-2)13-7-5-6-8-15(13)19-3/h5-11,17-18H,1-4H3. The first-order chi connectivity index (χ1) is 9.71. The first-order valence-electron chi connectivity index (χ1n) is 6.66. The summed E-state index contributed by atoms with van der Waals surface area (Å²) in [4.78, 5) is 0. The number of benzene rings is 2. The lowest BCUT2D eigenvalue weighted by Gasteiger charge is -2.22. The van der Waals surface area contributed by atoms with Crippen LogP contribution in [0.2, 0.25) is 0 Å². The Morgan fingerprint density at radius 1 is 0.900 bits per heavy atom. The van der Waals surface area contributed by atoms with Gasteiger partial charge in [0, 0.05) is 11.1 Å². The average Bonchev–Trinajstić information content (AvgIpc) is 2.49. The number of hydrogen-bond acceptors (Lipinski definition) is 3. The molecule has 0 saturated carbocycles. The number of ether oxygens (including phenoxy) is 2. The normalized spacial score (nSPS) is 12.0. The zero-order chi connectivity index (χ0) is 14.5. The number of para-hydroxylation sites is 1. The summed E-state index contributed by atoms with van der Waals surface area (Å²) >= 11 is 0. The van der Waals surface area contributed by atoms with Gasteiger partial charge in [-0.1, -0.05) is 30.3 Å². The van der Waals surface area contributed by atoms with Crippen molar-refractivity contribution >= 4 is 0 Å². The van der Waals surface area contributed by atoms with E-state index in [0.717, 1.165) is 22.6 Å². The van der Waals surface area contributed by atoms with E-state index in [2.05, 4.69) is 36.5 Å². The number of nitrogens with one attached hydrogen (secondary N) is 1. The summed E-state index contributed by atoms with van der Waals surface area (Å²) in [7, 11) is 5.33. The highest BCUT2D eigenvalue weighted by atomic mass is 16.5. The lowest BCUT2D eigenvalue weighted by atomic mass is 9.96. The first-order valence-corrected chi connectivity index (χ1v) is 6.66. The van der Waals surface area contributed by atoms with E-state index < -0.39 is 0 Å². The van der Waals surface area contributed by atoms with E-state index in [0.29, 0.717) is 0 Å². The molecule has 0 radical (unpaired) electrons. The smallest absolute Gasteiger partial charge is 0.124 e. The minimum absolute atomic E-state index is 0.0294. The van der Waals surface area contributed by atoms with Crippen LogP contribution in [0.15, 0.2) is 42.5 Å². The van der Waals surface area contributed by atoms with Crippen molar-refractivity contribution in [1.82, 2.24) is 5.32 Å². The predicted molar refractivity (Wildman–Crippen MR) is 81.6 cm³/mol. The van der Waals surface area contributed by atoms with Crippen LogP contribution in [-0.4, -0.2) is 21.3 Å². The summed E-state index contributed by atoms with van der Waals surface area (Å²) in [5, 5.41) is 3.34. The predicted octanol–water partition coefficient (Wildman–Crippen LogP) is 3.32. The molecule has 0 bridgehead atoms. The second kappa shape index (κ2) is 6.44. The van der Waals surface area contributed by atoms with Gasteiger partial charge in [-0.05, 0) is 31.7 Å². The molecule has 106 valence electrons. The van der Waals surface area contributed by atoms with Crippen LogP contribution in [0.25, 0.3) is 0 Å². The Bertz CT molecular complexity index is 581. The third-order valence-corrected chi connectivity index (χ3v) is 3.44. The van der Waals surface area contributed by atoms with E-state index >= 15 is 0 Å². The Morgan fingerprint density at radius 2 is 1.55 bits per heavy atom. The number of rotatable bonds is 5. The average molecular weight is 271 g/mol. The van der Waals surface area contributed by atoms with Gasteiger partial charge in [-0.2, -0.15) is 0 Å². The third kappa shape index (κ3) is 2.78. The Morgan fingerprint density at radius 3 is 2.20 bits per heavy atom. The molecule has 0 saturated heterocycles. The fourth-order valence-electron chi connectivity index (χ4n) is 2.44. The molecule has 20 heavy (non-hydrogen) atoms. The molecule has 0 spiro atoms. The second-order valence-corrected chi connectivity index (χ2v) is 4.71. The summed E-state index contributed by atoms with van der Waals surface area (Å²) in [6.07, 6.45) is 0. The lowest BCUT2D eigenvalue weighted by molar-refractivity contribution is 0.396. The Kier molecular flexibility index (Phi) is 4.64. The minimum Gasteiger partial charge on any atom is -0.496 e. The van der Waals surface area contributed by atoms with Crippen molar-refractivity contribution in [2.45, 2.75) is 13.0 Å². The lowest BCUT2D eigenvalue weighted by Crippen LogP contribution is -2.19. The highest BCUT2D eigenvalue weighted by molar-refractivity contribution is 5.47. The van der Waals surface area contributed by atoms with Gasteiger partial charge in [-0.25, -0.2) is 0 Å². The summed E-state index contributed by atoms with van der Waals surface area (Å²) in [6.45, 7) is 2.06. The zero-order valence-electron chi connectivity index (χ0n) is 12.4. The van der Waals surface area contributed by atoms with E-state index in [1.807, 2.05) is 25.2 Å². The van der Waals surface area contributed by atoms with Gasteiger partial charge in [0.15, 0.2) is 0 Å². The number of methoxy groups -OCH3 is 2. The molecule has 2 rings (SSSR count). The van der Waals surface area contributed by atoms with Crippen molar-refractivity contribution in [1.29, 1.82) is 0 Å². The molecule has 2 aromatic carbocycles. The van der Waals surface area contributed by atoms with Crippen molar-refractivity contribution in [3.8, 4) is 11.5 Å². The van der Waals surface area contributed by atoms with Crippen molar-refractivity contribution in [3.63, 3.8) is 0 Å². The molecule has 1 N–H and O–H groups in total. The maximum Gasteiger partial charge on any atom is 0.124 e. The van der Waals surface area contributed by atoms with Crippen LogP contribution in [0.3, 0.4) is 0 Å². The molecule has 1 atom stereocenters. The molecule has 2 aromatic rings. The van der Waals surface area contributed by atoms with Gasteiger partial charge in [0.05, 0.1) is 20.3 Å². The largest absolute Gasteiger partial charge is 0.496 e. The monoisotopic (exact) mass is 271 g/mol. The van der Waals surface area contributed by atoms with E-state index in [1.165, 1.54) is 5.56 Å². The molecule has 0 heterocycles. The quantitative estimate of drug-likeness (QED) is 0.905. The number of aryl methyl sites for hydroxylation is 1. The second-order valence-electron chi connectivity index (χ2n) is 4.71. The number of hydrogen-bond donors (Lipinski definition) is 1. The molecule has 0 aliphatic carbocycles. The summed E-state index contributed by atoms with van der Waals surface area (Å²) in [5.74, 6) is 1.75. The third-order valence-electron chi connectivity index (χ3n) is 3.44. The van der Waals surface area contributed by atoms with Crippen LogP contribution in [0, 0.1) is 6.92 Å². The van der Waals surface area contributed by atoms with Crippen LogP contribution in [0.4, 0.5) is 0 Å². The van der Waals surface area contributed by atoms with Crippen LogP contribution < -0.4 is 14.8 Å². The van der Waals surface area contributed by atoms with Gasteiger partial charge in [-0.15, -0.1) is 0 Å². The molecular formula is C17H21NO2. The summed E-state index contributed by atoms with van der Waals surface area (Å²) in [5.41, 5.74) is 3.38. The van der Waals surface area contributed by atoms with Gasteiger partial charge in [-0.3, -0.25) is 0 Å². The topological polar surface area (TPSA) is 30.5 Å². The Balaban J connectivity index is 2.52. The first kappa shape index (κ1) is 14.4. The van der Waals surface area contributed by atoms with Crippen LogP contribution in [0.1, 0.15) is 22.7 Å². The molecule has 0 amide bonds. The van der Waals surface area contributed by atoms with Crippen LogP contribution >= 0.6 is 0 Å². The van der Waals surface area contributed by atoms with E-state index in [9.17, 15) is 0 Å². The van der Waals surface area contributed by atoms with E-state index in [4.69, 9.17) is 9.47 Å². The SMILES string of the molecule is CNC(c1ccccc1OC)c1ccc(C)cc1OC. The Hall–Kier alpha value is -2.00. The van der Waals surface area contributed by atoms with Gasteiger partial charge >= 0.3 is 0 Å². The molecule has 0 aromatic heterocycles. The van der Waals surface area contributed by atoms with E-state index in [1.54, 1.807) is 14.2 Å². The molecule has 3 heteroatoms. The maximum absolute atomic E-state index is 5.52. The molecular weight excluding hydrogens is 250 g/mol. The fraction of sp³-hybridized carbons (Fsp3) is 0.294. The van der Waals surface area contributed by atoms with Gasteiger partial charge in [0.1, 0.15) is 11.5 Å². The zero-order valence-corrected chi connectivity index (χ0v) is 12.4. The minimum atomic E-state index is 0.0294. The summed E-state index contributed by atoms with van der Waals surface area (Å²) < 4.78 is 11.0. The van der Waals surface area contributed by atoms with Crippen molar-refractivity contribution < 1.29 is 9.47 Å². The van der Waals surface area contributed by atoms with E-state index in [-0.39, 0.29) is 6.04 Å². The van der Waals surface area contributed by atoms with Gasteiger partial charge in [0.25, 0.3) is 0 Å².